The van der Waals surface area contributed by atoms with E-state index in [9.17, 15) is 9.18 Å². The van der Waals surface area contributed by atoms with Gasteiger partial charge in [-0.3, -0.25) is 4.79 Å². The molecule has 2 atom stereocenters. The van der Waals surface area contributed by atoms with E-state index in [0.29, 0.717) is 29.2 Å². The molecule has 1 aromatic rings. The van der Waals surface area contributed by atoms with Crippen molar-refractivity contribution < 1.29 is 14.3 Å². The molecule has 112 valence electrons. The maximum Gasteiger partial charge on any atom is 0.256 e. The number of halogens is 1. The number of amides is 1. The van der Waals surface area contributed by atoms with Crippen LogP contribution in [0.2, 0.25) is 0 Å². The Morgan fingerprint density at radius 1 is 1.43 bits per heavy atom. The molecule has 0 bridgehead atoms. The fraction of sp³-hybridized carbons (Fsp3) is 0.438. The third-order valence-electron chi connectivity index (χ3n) is 3.22. The lowest BCUT2D eigenvalue weighted by molar-refractivity contribution is 0.0748. The van der Waals surface area contributed by atoms with E-state index in [2.05, 4.69) is 25.7 Å². The summed E-state index contributed by atoms with van der Waals surface area (Å²) in [6.07, 6.45) is 0. The van der Waals surface area contributed by atoms with Crippen LogP contribution in [0.15, 0.2) is 18.2 Å². The van der Waals surface area contributed by atoms with Crippen LogP contribution in [0.3, 0.4) is 0 Å². The van der Waals surface area contributed by atoms with Crippen molar-refractivity contribution >= 4 is 17.7 Å². The predicted octanol–water partition coefficient (Wildman–Crippen LogP) is 2.14. The van der Waals surface area contributed by atoms with Crippen LogP contribution in [-0.4, -0.2) is 46.1 Å². The molecule has 1 aliphatic heterocycles. The van der Waals surface area contributed by atoms with E-state index in [1.165, 1.54) is 12.1 Å². The molecule has 0 aliphatic carbocycles. The number of aliphatic hydroxyl groups excluding tert-OH is 1. The fourth-order valence-corrected chi connectivity index (χ4v) is 3.75. The van der Waals surface area contributed by atoms with Crippen LogP contribution < -0.4 is 0 Å². The number of benzene rings is 1. The van der Waals surface area contributed by atoms with Gasteiger partial charge in [0, 0.05) is 29.2 Å². The number of carbonyl (C=O) groups is 1. The van der Waals surface area contributed by atoms with E-state index in [1.807, 2.05) is 11.8 Å². The number of nitrogens with zero attached hydrogens (tertiary/aromatic N) is 1. The number of carbonyl (C=O) groups excluding carboxylic acids is 1. The summed E-state index contributed by atoms with van der Waals surface area (Å²) in [7, 11) is 0. The first-order valence-electron chi connectivity index (χ1n) is 6.85. The minimum Gasteiger partial charge on any atom is -0.384 e. The number of hydrogen-bond donors (Lipinski definition) is 1. The summed E-state index contributed by atoms with van der Waals surface area (Å²) >= 11 is 1.84. The van der Waals surface area contributed by atoms with Gasteiger partial charge in [0.1, 0.15) is 12.4 Å². The Morgan fingerprint density at radius 3 is 2.67 bits per heavy atom. The molecule has 1 aliphatic rings. The van der Waals surface area contributed by atoms with Gasteiger partial charge in [-0.1, -0.05) is 25.7 Å². The van der Waals surface area contributed by atoms with Gasteiger partial charge < -0.3 is 10.0 Å². The van der Waals surface area contributed by atoms with Crippen molar-refractivity contribution in [1.29, 1.82) is 0 Å². The summed E-state index contributed by atoms with van der Waals surface area (Å²) in [4.78, 5) is 14.1. The van der Waals surface area contributed by atoms with Gasteiger partial charge in [0.2, 0.25) is 0 Å². The molecule has 2 unspecified atom stereocenters. The van der Waals surface area contributed by atoms with Crippen LogP contribution in [0.5, 0.6) is 0 Å². The topological polar surface area (TPSA) is 40.5 Å². The molecule has 0 radical (unpaired) electrons. The lowest BCUT2D eigenvalue weighted by Crippen LogP contribution is -2.44. The van der Waals surface area contributed by atoms with Gasteiger partial charge in [0.25, 0.3) is 5.91 Å². The Hall–Kier alpha value is -1.51. The van der Waals surface area contributed by atoms with Gasteiger partial charge in [-0.15, -0.1) is 0 Å². The van der Waals surface area contributed by atoms with Crippen LogP contribution >= 0.6 is 11.8 Å². The van der Waals surface area contributed by atoms with Gasteiger partial charge in [-0.25, -0.2) is 4.39 Å². The average Bonchev–Trinajstić information content (AvgIpc) is 2.43. The monoisotopic (exact) mass is 307 g/mol. The molecule has 5 heteroatoms. The molecule has 1 amide bonds. The summed E-state index contributed by atoms with van der Waals surface area (Å²) in [5.74, 6) is 4.25. The van der Waals surface area contributed by atoms with E-state index in [-0.39, 0.29) is 18.1 Å². The summed E-state index contributed by atoms with van der Waals surface area (Å²) in [6, 6.07) is 4.31. The second-order valence-corrected chi connectivity index (χ2v) is 7.00. The van der Waals surface area contributed by atoms with Gasteiger partial charge in [0.15, 0.2) is 0 Å². The second kappa shape index (κ2) is 6.97. The molecule has 0 aromatic heterocycles. The van der Waals surface area contributed by atoms with Crippen molar-refractivity contribution in [2.75, 3.05) is 19.7 Å². The van der Waals surface area contributed by atoms with Crippen LogP contribution in [0.25, 0.3) is 0 Å². The molecule has 3 nitrogen and oxygen atoms in total. The number of aliphatic hydroxyl groups is 1. The molecule has 1 saturated heterocycles. The average molecular weight is 307 g/mol. The first-order chi connectivity index (χ1) is 10.0. The smallest absolute Gasteiger partial charge is 0.256 e. The first-order valence-corrected chi connectivity index (χ1v) is 7.79. The van der Waals surface area contributed by atoms with Gasteiger partial charge in [-0.2, -0.15) is 11.8 Å². The van der Waals surface area contributed by atoms with E-state index in [1.54, 1.807) is 11.0 Å². The SMILES string of the molecule is CC1CN(C(=O)c2ccc(C#CCO)cc2F)CC(C)S1. The Bertz CT molecular complexity index is 584. The lowest BCUT2D eigenvalue weighted by atomic mass is 10.1. The fourth-order valence-electron chi connectivity index (χ4n) is 2.42. The van der Waals surface area contributed by atoms with Crippen molar-refractivity contribution in [2.24, 2.45) is 0 Å². The van der Waals surface area contributed by atoms with Gasteiger partial charge in [-0.05, 0) is 18.2 Å². The van der Waals surface area contributed by atoms with Crippen LogP contribution in [-0.2, 0) is 0 Å². The first kappa shape index (κ1) is 15.9. The molecule has 1 aromatic carbocycles. The highest BCUT2D eigenvalue weighted by molar-refractivity contribution is 8.00. The van der Waals surface area contributed by atoms with Crippen molar-refractivity contribution in [3.8, 4) is 11.8 Å². The largest absolute Gasteiger partial charge is 0.384 e. The molecule has 2 rings (SSSR count). The highest BCUT2D eigenvalue weighted by Crippen LogP contribution is 2.26. The van der Waals surface area contributed by atoms with Crippen molar-refractivity contribution in [3.05, 3.63) is 35.1 Å². The maximum absolute atomic E-state index is 14.1. The van der Waals surface area contributed by atoms with E-state index in [4.69, 9.17) is 5.11 Å². The summed E-state index contributed by atoms with van der Waals surface area (Å²) in [6.45, 7) is 5.15. The van der Waals surface area contributed by atoms with E-state index in [0.717, 1.165) is 0 Å². The molecule has 1 N–H and O–H groups in total. The van der Waals surface area contributed by atoms with E-state index >= 15 is 0 Å². The second-order valence-electron chi connectivity index (χ2n) is 5.12. The summed E-state index contributed by atoms with van der Waals surface area (Å²) in [5, 5.41) is 9.34. The Kier molecular flexibility index (Phi) is 5.27. The zero-order valence-corrected chi connectivity index (χ0v) is 12.9. The zero-order chi connectivity index (χ0) is 15.4. The third-order valence-corrected chi connectivity index (χ3v) is 4.45. The highest BCUT2D eigenvalue weighted by Gasteiger charge is 2.27. The van der Waals surface area contributed by atoms with Crippen LogP contribution in [0.4, 0.5) is 4.39 Å². The van der Waals surface area contributed by atoms with Crippen molar-refractivity contribution in [1.82, 2.24) is 4.90 Å². The Morgan fingerprint density at radius 2 is 2.10 bits per heavy atom. The summed E-state index contributed by atoms with van der Waals surface area (Å²) in [5.41, 5.74) is 0.532. The Labute approximate surface area is 128 Å². The number of hydrogen-bond acceptors (Lipinski definition) is 3. The van der Waals surface area contributed by atoms with Gasteiger partial charge in [0.05, 0.1) is 5.56 Å². The predicted molar refractivity (Wildman–Crippen MR) is 82.8 cm³/mol. The highest BCUT2D eigenvalue weighted by atomic mass is 32.2. The van der Waals surface area contributed by atoms with E-state index < -0.39 is 5.82 Å². The minimum atomic E-state index is -0.566. The maximum atomic E-state index is 14.1. The van der Waals surface area contributed by atoms with Crippen LogP contribution in [0, 0.1) is 17.7 Å². The van der Waals surface area contributed by atoms with Crippen LogP contribution in [0.1, 0.15) is 29.8 Å². The number of thioether (sulfide) groups is 1. The molecule has 1 heterocycles. The van der Waals surface area contributed by atoms with Crippen molar-refractivity contribution in [2.45, 2.75) is 24.3 Å². The van der Waals surface area contributed by atoms with Crippen molar-refractivity contribution in [3.63, 3.8) is 0 Å². The molecule has 1 fully saturated rings. The standard InChI is InChI=1S/C16H18FNO2S/c1-11-9-18(10-12(2)21-11)16(20)14-6-5-13(4-3-7-19)8-15(14)17/h5-6,8,11-12,19H,7,9-10H2,1-2H3. The third kappa shape index (κ3) is 3.99. The number of rotatable bonds is 1. The molecular formula is C16H18FNO2S. The molecular weight excluding hydrogens is 289 g/mol. The normalized spacial score (nSPS) is 21.6. The lowest BCUT2D eigenvalue weighted by Gasteiger charge is -2.34. The molecule has 21 heavy (non-hydrogen) atoms. The van der Waals surface area contributed by atoms with Gasteiger partial charge >= 0.3 is 0 Å². The quantitative estimate of drug-likeness (QED) is 0.808. The zero-order valence-electron chi connectivity index (χ0n) is 12.1. The summed E-state index contributed by atoms with van der Waals surface area (Å²) < 4.78 is 14.1. The minimum absolute atomic E-state index is 0.0795. The molecule has 0 saturated carbocycles. The molecule has 0 spiro atoms. The Balaban J connectivity index is 2.19.